The third-order valence-corrected chi connectivity index (χ3v) is 3.44. The van der Waals surface area contributed by atoms with Gasteiger partial charge in [0.2, 0.25) is 0 Å². The second-order valence-electron chi connectivity index (χ2n) is 5.27. The van der Waals surface area contributed by atoms with Crippen LogP contribution in [0.5, 0.6) is 0 Å². The summed E-state index contributed by atoms with van der Waals surface area (Å²) >= 11 is 0. The maximum Gasteiger partial charge on any atom is 0.123 e. The van der Waals surface area contributed by atoms with Crippen molar-refractivity contribution in [2.45, 2.75) is 32.3 Å². The van der Waals surface area contributed by atoms with Crippen LogP contribution in [-0.2, 0) is 0 Å². The van der Waals surface area contributed by atoms with Crippen LogP contribution in [-0.4, -0.2) is 29.6 Å². The fraction of sp³-hybridized carbons (Fsp3) is 0.600. The number of hydrogen-bond acceptors (Lipinski definition) is 2. The maximum absolute atomic E-state index is 12.8. The summed E-state index contributed by atoms with van der Waals surface area (Å²) in [5.41, 5.74) is 0.799. The van der Waals surface area contributed by atoms with E-state index in [1.54, 1.807) is 12.1 Å². The van der Waals surface area contributed by atoms with Gasteiger partial charge in [-0.1, -0.05) is 19.1 Å². The molecule has 0 saturated heterocycles. The molecule has 1 aromatic carbocycles. The summed E-state index contributed by atoms with van der Waals surface area (Å²) in [7, 11) is 0. The Labute approximate surface area is 108 Å². The van der Waals surface area contributed by atoms with Gasteiger partial charge in [-0.15, -0.1) is 0 Å². The van der Waals surface area contributed by atoms with Gasteiger partial charge in [0.25, 0.3) is 0 Å². The summed E-state index contributed by atoms with van der Waals surface area (Å²) in [5.74, 6) is 0.575. The van der Waals surface area contributed by atoms with E-state index in [1.807, 2.05) is 0 Å². The lowest BCUT2D eigenvalue weighted by Crippen LogP contribution is -2.31. The number of benzene rings is 1. The standard InChI is InChI=1S/C15H22FNO/c1-2-9-17(10-12-3-4-12)11-15(18)13-5-7-14(16)8-6-13/h5-8,12,15,18H,2-4,9-11H2,1H3. The third-order valence-electron chi connectivity index (χ3n) is 3.44. The Hall–Kier alpha value is -0.930. The van der Waals surface area contributed by atoms with Gasteiger partial charge in [-0.05, 0) is 49.4 Å². The first-order chi connectivity index (χ1) is 8.69. The minimum atomic E-state index is -0.518. The van der Waals surface area contributed by atoms with Crippen LogP contribution in [0.1, 0.15) is 37.9 Å². The van der Waals surface area contributed by atoms with Crippen LogP contribution in [0.2, 0.25) is 0 Å². The highest BCUT2D eigenvalue weighted by molar-refractivity contribution is 5.18. The molecule has 1 fully saturated rings. The summed E-state index contributed by atoms with van der Waals surface area (Å²) in [4.78, 5) is 2.33. The topological polar surface area (TPSA) is 23.5 Å². The molecule has 1 saturated carbocycles. The number of aliphatic hydroxyl groups is 1. The number of rotatable bonds is 7. The van der Waals surface area contributed by atoms with Gasteiger partial charge in [0, 0.05) is 13.1 Å². The average molecular weight is 251 g/mol. The van der Waals surface area contributed by atoms with Crippen molar-refractivity contribution in [1.82, 2.24) is 4.90 Å². The van der Waals surface area contributed by atoms with Crippen molar-refractivity contribution in [2.24, 2.45) is 5.92 Å². The molecule has 2 rings (SSSR count). The van der Waals surface area contributed by atoms with Gasteiger partial charge >= 0.3 is 0 Å². The Morgan fingerprint density at radius 1 is 1.33 bits per heavy atom. The lowest BCUT2D eigenvalue weighted by Gasteiger charge is -2.24. The van der Waals surface area contributed by atoms with E-state index in [-0.39, 0.29) is 5.82 Å². The molecule has 1 aromatic rings. The Kier molecular flexibility index (Phi) is 4.72. The van der Waals surface area contributed by atoms with E-state index < -0.39 is 6.10 Å². The van der Waals surface area contributed by atoms with Crippen molar-refractivity contribution in [2.75, 3.05) is 19.6 Å². The summed E-state index contributed by atoms with van der Waals surface area (Å²) in [6.45, 7) is 4.92. The van der Waals surface area contributed by atoms with Crippen LogP contribution in [0.25, 0.3) is 0 Å². The minimum Gasteiger partial charge on any atom is -0.387 e. The summed E-state index contributed by atoms with van der Waals surface area (Å²) < 4.78 is 12.8. The molecule has 0 spiro atoms. The van der Waals surface area contributed by atoms with Crippen LogP contribution in [0.3, 0.4) is 0 Å². The highest BCUT2D eigenvalue weighted by atomic mass is 19.1. The fourth-order valence-electron chi connectivity index (χ4n) is 2.27. The van der Waals surface area contributed by atoms with Crippen molar-refractivity contribution in [3.63, 3.8) is 0 Å². The van der Waals surface area contributed by atoms with E-state index in [9.17, 15) is 9.50 Å². The first kappa shape index (κ1) is 13.5. The molecule has 1 atom stereocenters. The SMILES string of the molecule is CCCN(CC1CC1)CC(O)c1ccc(F)cc1. The molecule has 1 unspecified atom stereocenters. The predicted molar refractivity (Wildman–Crippen MR) is 70.8 cm³/mol. The Morgan fingerprint density at radius 2 is 2.00 bits per heavy atom. The van der Waals surface area contributed by atoms with E-state index in [1.165, 1.54) is 25.0 Å². The number of hydrogen-bond donors (Lipinski definition) is 1. The Bertz CT molecular complexity index is 361. The number of aliphatic hydroxyl groups excluding tert-OH is 1. The van der Waals surface area contributed by atoms with E-state index in [4.69, 9.17) is 0 Å². The second kappa shape index (κ2) is 6.30. The minimum absolute atomic E-state index is 0.255. The van der Waals surface area contributed by atoms with Crippen LogP contribution < -0.4 is 0 Å². The average Bonchev–Trinajstić information content (AvgIpc) is 3.14. The lowest BCUT2D eigenvalue weighted by molar-refractivity contribution is 0.110. The molecule has 0 bridgehead atoms. The van der Waals surface area contributed by atoms with E-state index in [0.717, 1.165) is 31.0 Å². The van der Waals surface area contributed by atoms with Crippen molar-refractivity contribution >= 4 is 0 Å². The first-order valence-corrected chi connectivity index (χ1v) is 6.85. The molecule has 18 heavy (non-hydrogen) atoms. The van der Waals surface area contributed by atoms with Gasteiger partial charge in [-0.2, -0.15) is 0 Å². The summed E-state index contributed by atoms with van der Waals surface area (Å²) in [6, 6.07) is 6.15. The zero-order chi connectivity index (χ0) is 13.0. The fourth-order valence-corrected chi connectivity index (χ4v) is 2.27. The van der Waals surface area contributed by atoms with Crippen molar-refractivity contribution < 1.29 is 9.50 Å². The van der Waals surface area contributed by atoms with Crippen molar-refractivity contribution in [3.8, 4) is 0 Å². The van der Waals surface area contributed by atoms with Crippen LogP contribution in [0, 0.1) is 11.7 Å². The number of nitrogens with zero attached hydrogens (tertiary/aromatic N) is 1. The van der Waals surface area contributed by atoms with Crippen LogP contribution in [0.15, 0.2) is 24.3 Å². The summed E-state index contributed by atoms with van der Waals surface area (Å²) in [6.07, 6.45) is 3.23. The van der Waals surface area contributed by atoms with Crippen LogP contribution in [0.4, 0.5) is 4.39 Å². The Morgan fingerprint density at radius 3 is 2.56 bits per heavy atom. The monoisotopic (exact) mass is 251 g/mol. The molecule has 100 valence electrons. The maximum atomic E-state index is 12.8. The molecular formula is C15H22FNO. The lowest BCUT2D eigenvalue weighted by atomic mass is 10.1. The molecule has 3 heteroatoms. The second-order valence-corrected chi connectivity index (χ2v) is 5.27. The molecule has 0 radical (unpaired) electrons. The van der Waals surface area contributed by atoms with E-state index in [0.29, 0.717) is 6.54 Å². The molecule has 1 N–H and O–H groups in total. The molecule has 2 nitrogen and oxygen atoms in total. The molecule has 1 aliphatic rings. The molecule has 1 aliphatic carbocycles. The smallest absolute Gasteiger partial charge is 0.123 e. The molecule has 0 heterocycles. The quantitative estimate of drug-likeness (QED) is 0.805. The molecule has 0 aliphatic heterocycles. The van der Waals surface area contributed by atoms with Gasteiger partial charge in [0.1, 0.15) is 5.82 Å². The van der Waals surface area contributed by atoms with Crippen molar-refractivity contribution in [3.05, 3.63) is 35.6 Å². The van der Waals surface area contributed by atoms with Gasteiger partial charge in [-0.3, -0.25) is 0 Å². The highest BCUT2D eigenvalue weighted by Gasteiger charge is 2.25. The van der Waals surface area contributed by atoms with E-state index >= 15 is 0 Å². The zero-order valence-electron chi connectivity index (χ0n) is 11.0. The third kappa shape index (κ3) is 4.07. The van der Waals surface area contributed by atoms with Gasteiger partial charge in [-0.25, -0.2) is 4.39 Å². The molecular weight excluding hydrogens is 229 g/mol. The molecule has 0 amide bonds. The van der Waals surface area contributed by atoms with Crippen molar-refractivity contribution in [1.29, 1.82) is 0 Å². The largest absolute Gasteiger partial charge is 0.387 e. The number of halogens is 1. The highest BCUT2D eigenvalue weighted by Crippen LogP contribution is 2.30. The Balaban J connectivity index is 1.90. The molecule has 0 aromatic heterocycles. The zero-order valence-corrected chi connectivity index (χ0v) is 11.0. The summed E-state index contributed by atoms with van der Waals surface area (Å²) in [5, 5.41) is 10.2. The normalized spacial score (nSPS) is 17.1. The predicted octanol–water partition coefficient (Wildman–Crippen LogP) is 2.98. The van der Waals surface area contributed by atoms with Gasteiger partial charge in [0.05, 0.1) is 6.10 Å². The van der Waals surface area contributed by atoms with E-state index in [2.05, 4.69) is 11.8 Å². The first-order valence-electron chi connectivity index (χ1n) is 6.85. The van der Waals surface area contributed by atoms with Crippen LogP contribution >= 0.6 is 0 Å². The van der Waals surface area contributed by atoms with Gasteiger partial charge in [0.15, 0.2) is 0 Å². The van der Waals surface area contributed by atoms with Gasteiger partial charge < -0.3 is 10.0 Å².